The predicted molar refractivity (Wildman–Crippen MR) is 157 cm³/mol. The lowest BCUT2D eigenvalue weighted by Gasteiger charge is -2.36. The molecule has 0 fully saturated rings. The predicted octanol–water partition coefficient (Wildman–Crippen LogP) is 7.02. The van der Waals surface area contributed by atoms with Gasteiger partial charge in [0.05, 0.1) is 0 Å². The third-order valence-corrected chi connectivity index (χ3v) is 6.77. The molecule has 3 atom stereocenters. The van der Waals surface area contributed by atoms with Crippen LogP contribution in [-0.4, -0.2) is 41.0 Å². The summed E-state index contributed by atoms with van der Waals surface area (Å²) in [6, 6.07) is 15.2. The molecule has 39 heavy (non-hydrogen) atoms. The van der Waals surface area contributed by atoms with E-state index < -0.39 is 23.8 Å². The summed E-state index contributed by atoms with van der Waals surface area (Å²) in [4.78, 5) is 42.7. The highest BCUT2D eigenvalue weighted by Crippen LogP contribution is 2.27. The molecule has 0 aromatic heterocycles. The number of alkyl carbamates (subject to hydrolysis) is 1. The molecular weight excluding hydrogens is 490 g/mol. The number of hydrogen-bond acceptors (Lipinski definition) is 4. The summed E-state index contributed by atoms with van der Waals surface area (Å²) in [6.07, 6.45) is 3.81. The van der Waals surface area contributed by atoms with Crippen LogP contribution in [-0.2, 0) is 14.3 Å². The molecule has 0 aliphatic rings. The van der Waals surface area contributed by atoms with Gasteiger partial charge in [0.1, 0.15) is 17.7 Å². The van der Waals surface area contributed by atoms with Gasteiger partial charge in [0.25, 0.3) is 5.91 Å². The number of nitrogens with zero attached hydrogens (tertiary/aromatic N) is 1. The van der Waals surface area contributed by atoms with Crippen LogP contribution in [0.4, 0.5) is 10.5 Å². The Morgan fingerprint density at radius 1 is 0.923 bits per heavy atom. The van der Waals surface area contributed by atoms with Crippen molar-refractivity contribution in [3.63, 3.8) is 0 Å². The lowest BCUT2D eigenvalue weighted by atomic mass is 9.95. The number of carbonyl (C=O) groups is 3. The number of para-hydroxylation sites is 1. The van der Waals surface area contributed by atoms with Crippen molar-refractivity contribution in [3.8, 4) is 0 Å². The van der Waals surface area contributed by atoms with Gasteiger partial charge in [-0.05, 0) is 57.2 Å². The van der Waals surface area contributed by atoms with Crippen molar-refractivity contribution in [1.29, 1.82) is 0 Å². The number of nitrogens with one attached hydrogen (secondary N) is 2. The minimum atomic E-state index is -0.869. The molecule has 2 N–H and O–H groups in total. The smallest absolute Gasteiger partial charge is 0.408 e. The number of benzene rings is 2. The maximum absolute atomic E-state index is 14.3. The average molecular weight is 538 g/mol. The molecule has 0 aliphatic carbocycles. The van der Waals surface area contributed by atoms with E-state index in [1.165, 1.54) is 0 Å². The lowest BCUT2D eigenvalue weighted by Crippen LogP contribution is -2.55. The molecule has 7 nitrogen and oxygen atoms in total. The third-order valence-electron chi connectivity index (χ3n) is 6.77. The molecule has 2 aromatic carbocycles. The van der Waals surface area contributed by atoms with Crippen molar-refractivity contribution < 1.29 is 19.1 Å². The first-order chi connectivity index (χ1) is 18.5. The zero-order valence-corrected chi connectivity index (χ0v) is 24.8. The monoisotopic (exact) mass is 537 g/mol. The summed E-state index contributed by atoms with van der Waals surface area (Å²) in [5, 5.41) is 5.88. The molecule has 0 saturated heterocycles. The Morgan fingerprint density at radius 2 is 1.56 bits per heavy atom. The van der Waals surface area contributed by atoms with Crippen LogP contribution in [0.15, 0.2) is 54.6 Å². The highest BCUT2D eigenvalue weighted by Gasteiger charge is 2.38. The van der Waals surface area contributed by atoms with Gasteiger partial charge >= 0.3 is 6.09 Å². The van der Waals surface area contributed by atoms with Crippen molar-refractivity contribution in [2.75, 3.05) is 11.9 Å². The Morgan fingerprint density at radius 3 is 2.15 bits per heavy atom. The Balaban J connectivity index is 2.51. The molecule has 2 aromatic rings. The van der Waals surface area contributed by atoms with E-state index in [-0.39, 0.29) is 17.7 Å². The molecule has 0 spiro atoms. The molecule has 0 saturated carbocycles. The number of aryl methyl sites for hydroxylation is 1. The fourth-order valence-corrected chi connectivity index (χ4v) is 4.39. The summed E-state index contributed by atoms with van der Waals surface area (Å²) in [6.45, 7) is 13.7. The van der Waals surface area contributed by atoms with Crippen LogP contribution < -0.4 is 10.6 Å². The molecule has 7 heteroatoms. The van der Waals surface area contributed by atoms with Crippen molar-refractivity contribution in [3.05, 3.63) is 65.7 Å². The third kappa shape index (κ3) is 10.0. The Labute approximate surface area is 234 Å². The van der Waals surface area contributed by atoms with Crippen LogP contribution in [0.3, 0.4) is 0 Å². The molecule has 2 rings (SSSR count). The second-order valence-corrected chi connectivity index (χ2v) is 11.2. The van der Waals surface area contributed by atoms with Gasteiger partial charge in [-0.25, -0.2) is 4.79 Å². The number of rotatable bonds is 13. The second-order valence-electron chi connectivity index (χ2n) is 11.2. The van der Waals surface area contributed by atoms with E-state index in [4.69, 9.17) is 4.74 Å². The molecule has 0 bridgehead atoms. The first kappa shape index (κ1) is 31.9. The minimum Gasteiger partial charge on any atom is -0.444 e. The first-order valence-corrected chi connectivity index (χ1v) is 14.2. The van der Waals surface area contributed by atoms with Gasteiger partial charge in [-0.2, -0.15) is 0 Å². The maximum atomic E-state index is 14.3. The quantitative estimate of drug-likeness (QED) is 0.269. The highest BCUT2D eigenvalue weighted by molar-refractivity contribution is 5.99. The fraction of sp³-hybridized carbons (Fsp3) is 0.531. The van der Waals surface area contributed by atoms with E-state index >= 15 is 0 Å². The number of ether oxygens (including phenoxy) is 1. The largest absolute Gasteiger partial charge is 0.444 e. The highest BCUT2D eigenvalue weighted by atomic mass is 16.6. The summed E-state index contributed by atoms with van der Waals surface area (Å²) >= 11 is 0. The van der Waals surface area contributed by atoms with Gasteiger partial charge in [-0.1, -0.05) is 95.0 Å². The Kier molecular flexibility index (Phi) is 12.5. The molecule has 0 aliphatic heterocycles. The number of anilines is 1. The first-order valence-electron chi connectivity index (χ1n) is 14.2. The number of amides is 3. The zero-order chi connectivity index (χ0) is 29.0. The molecule has 0 heterocycles. The van der Waals surface area contributed by atoms with Crippen LogP contribution in [0, 0.1) is 12.8 Å². The molecule has 3 amide bonds. The van der Waals surface area contributed by atoms with Gasteiger partial charge in [-0.3, -0.25) is 9.59 Å². The van der Waals surface area contributed by atoms with Gasteiger partial charge < -0.3 is 20.3 Å². The van der Waals surface area contributed by atoms with Crippen LogP contribution >= 0.6 is 0 Å². The summed E-state index contributed by atoms with van der Waals surface area (Å²) in [7, 11) is 0. The van der Waals surface area contributed by atoms with Crippen LogP contribution in [0.5, 0.6) is 0 Å². The fourth-order valence-electron chi connectivity index (χ4n) is 4.39. The van der Waals surface area contributed by atoms with Gasteiger partial charge in [0.2, 0.25) is 5.91 Å². The van der Waals surface area contributed by atoms with E-state index in [0.29, 0.717) is 24.2 Å². The Bertz CT molecular complexity index is 1060. The van der Waals surface area contributed by atoms with Crippen LogP contribution in [0.25, 0.3) is 0 Å². The standard InChI is InChI=1S/C32H47N3O4/c1-8-10-11-17-22-35(30(37)27(23(3)9-2)34-31(38)39-32(5,6)7)28(25-19-13-12-14-20-25)29(36)33-26-21-16-15-18-24(26)4/h12-16,18-21,23,27-28H,8-11,17,22H2,1-7H3,(H,33,36)(H,34,38). The molecule has 0 radical (unpaired) electrons. The molecular formula is C32H47N3O4. The summed E-state index contributed by atoms with van der Waals surface area (Å²) in [5.41, 5.74) is 1.65. The molecule has 214 valence electrons. The second kappa shape index (κ2) is 15.3. The van der Waals surface area contributed by atoms with Crippen molar-refractivity contribution in [2.24, 2.45) is 5.92 Å². The number of unbranched alkanes of at least 4 members (excludes halogenated alkanes) is 3. The summed E-state index contributed by atoms with van der Waals surface area (Å²) in [5.74, 6) is -0.751. The van der Waals surface area contributed by atoms with Crippen molar-refractivity contribution >= 4 is 23.6 Å². The van der Waals surface area contributed by atoms with Crippen molar-refractivity contribution in [1.82, 2.24) is 10.2 Å². The zero-order valence-electron chi connectivity index (χ0n) is 24.8. The lowest BCUT2D eigenvalue weighted by molar-refractivity contribution is -0.142. The van der Waals surface area contributed by atoms with Gasteiger partial charge in [0, 0.05) is 12.2 Å². The normalized spacial score (nSPS) is 13.6. The number of carbonyl (C=O) groups excluding carboxylic acids is 3. The number of hydrogen-bond donors (Lipinski definition) is 2. The van der Waals surface area contributed by atoms with Crippen LogP contribution in [0.1, 0.15) is 90.8 Å². The van der Waals surface area contributed by atoms with E-state index in [9.17, 15) is 14.4 Å². The van der Waals surface area contributed by atoms with Crippen molar-refractivity contribution in [2.45, 2.75) is 98.3 Å². The summed E-state index contributed by atoms with van der Waals surface area (Å²) < 4.78 is 5.49. The van der Waals surface area contributed by atoms with Gasteiger partial charge in [0.15, 0.2) is 0 Å². The molecule has 3 unspecified atom stereocenters. The topological polar surface area (TPSA) is 87.7 Å². The Hall–Kier alpha value is -3.35. The van der Waals surface area contributed by atoms with E-state index in [1.807, 2.05) is 75.4 Å². The minimum absolute atomic E-state index is 0.168. The van der Waals surface area contributed by atoms with E-state index in [2.05, 4.69) is 17.6 Å². The van der Waals surface area contributed by atoms with E-state index in [0.717, 1.165) is 31.2 Å². The van der Waals surface area contributed by atoms with Crippen LogP contribution in [0.2, 0.25) is 0 Å². The van der Waals surface area contributed by atoms with Gasteiger partial charge in [-0.15, -0.1) is 0 Å². The average Bonchev–Trinajstić information content (AvgIpc) is 2.89. The van der Waals surface area contributed by atoms with E-state index in [1.54, 1.807) is 25.7 Å². The SMILES string of the molecule is CCCCCCN(C(=O)C(NC(=O)OC(C)(C)C)C(C)CC)C(C(=O)Nc1ccccc1C)c1ccccc1. The maximum Gasteiger partial charge on any atom is 0.408 e.